The van der Waals surface area contributed by atoms with Crippen molar-refractivity contribution < 1.29 is 19.1 Å². The molecule has 2 aliphatic rings. The van der Waals surface area contributed by atoms with E-state index in [-0.39, 0.29) is 23.8 Å². The van der Waals surface area contributed by atoms with Crippen LogP contribution in [0.5, 0.6) is 0 Å². The summed E-state index contributed by atoms with van der Waals surface area (Å²) in [7, 11) is 0. The molecule has 28 heavy (non-hydrogen) atoms. The van der Waals surface area contributed by atoms with Gasteiger partial charge in [0.15, 0.2) is 11.3 Å². The van der Waals surface area contributed by atoms with Gasteiger partial charge in [0.05, 0.1) is 5.56 Å². The Morgan fingerprint density at radius 3 is 2.68 bits per heavy atom. The molecule has 2 heterocycles. The molecule has 2 atom stereocenters. The molecular weight excluding hydrogens is 380 g/mol. The van der Waals surface area contributed by atoms with E-state index in [1.165, 1.54) is 30.8 Å². The third kappa shape index (κ3) is 4.89. The van der Waals surface area contributed by atoms with Crippen molar-refractivity contribution in [2.45, 2.75) is 37.5 Å². The Kier molecular flexibility index (Phi) is 6.31. The quantitative estimate of drug-likeness (QED) is 0.754. The number of aliphatic imine (C=N–C) groups is 1. The van der Waals surface area contributed by atoms with Gasteiger partial charge < -0.3 is 15.0 Å². The summed E-state index contributed by atoms with van der Waals surface area (Å²) in [6, 6.07) is 7.97. The maximum atomic E-state index is 12.3. The van der Waals surface area contributed by atoms with Crippen LogP contribution in [0.4, 0.5) is 5.69 Å². The van der Waals surface area contributed by atoms with Crippen LogP contribution in [0.1, 0.15) is 36.5 Å². The molecule has 8 nitrogen and oxygen atoms in total. The van der Waals surface area contributed by atoms with Crippen molar-refractivity contribution in [1.29, 1.82) is 5.26 Å². The molecule has 146 valence electrons. The Balaban J connectivity index is 1.50. The zero-order valence-corrected chi connectivity index (χ0v) is 16.2. The van der Waals surface area contributed by atoms with Gasteiger partial charge in [0, 0.05) is 25.2 Å². The molecule has 3 rings (SSSR count). The summed E-state index contributed by atoms with van der Waals surface area (Å²) in [4.78, 5) is 42.4. The summed E-state index contributed by atoms with van der Waals surface area (Å²) < 4.78 is 4.91. The molecule has 1 N–H and O–H groups in total. The molecule has 0 aromatic heterocycles. The van der Waals surface area contributed by atoms with Crippen molar-refractivity contribution in [2.24, 2.45) is 4.99 Å². The number of benzene rings is 1. The maximum absolute atomic E-state index is 12.3. The molecule has 0 saturated carbocycles. The molecule has 2 amide bonds. The number of amidine groups is 1. The summed E-state index contributed by atoms with van der Waals surface area (Å²) in [5.74, 6) is -1.17. The standard InChI is InChI=1S/C19H20N4O4S/c1-12(11-20)27-18(26)13-4-6-14(7-5-13)21-16(24)10-15-17(25)22-19(28-15)23-8-2-3-9-23/h4-7,12,15H,2-3,8-10H2,1H3,(H,21,24)/t12-,15-/m0/s1. The number of carbonyl (C=O) groups excluding carboxylic acids is 3. The number of amides is 2. The minimum Gasteiger partial charge on any atom is -0.444 e. The largest absolute Gasteiger partial charge is 0.444 e. The van der Waals surface area contributed by atoms with E-state index in [4.69, 9.17) is 10.00 Å². The van der Waals surface area contributed by atoms with Crippen LogP contribution in [-0.4, -0.2) is 52.3 Å². The van der Waals surface area contributed by atoms with E-state index in [0.29, 0.717) is 5.69 Å². The first kappa shape index (κ1) is 19.9. The molecule has 0 aliphatic carbocycles. The molecule has 2 aliphatic heterocycles. The van der Waals surface area contributed by atoms with Gasteiger partial charge in [-0.25, -0.2) is 4.79 Å². The smallest absolute Gasteiger partial charge is 0.339 e. The van der Waals surface area contributed by atoms with Gasteiger partial charge in [0.25, 0.3) is 5.91 Å². The topological polar surface area (TPSA) is 112 Å². The molecule has 0 unspecified atom stereocenters. The van der Waals surface area contributed by atoms with Crippen LogP contribution in [-0.2, 0) is 14.3 Å². The van der Waals surface area contributed by atoms with Gasteiger partial charge in [-0.05, 0) is 44.0 Å². The Morgan fingerprint density at radius 1 is 1.36 bits per heavy atom. The summed E-state index contributed by atoms with van der Waals surface area (Å²) >= 11 is 1.35. The molecule has 9 heteroatoms. The monoisotopic (exact) mass is 400 g/mol. The predicted octanol–water partition coefficient (Wildman–Crippen LogP) is 2.18. The number of thioether (sulfide) groups is 1. The number of hydrogen-bond acceptors (Lipinski definition) is 7. The van der Waals surface area contributed by atoms with Crippen LogP contribution in [0.2, 0.25) is 0 Å². The minimum absolute atomic E-state index is 0.0355. The Hall–Kier alpha value is -2.86. The highest BCUT2D eigenvalue weighted by Gasteiger charge is 2.33. The lowest BCUT2D eigenvalue weighted by Gasteiger charge is -2.16. The lowest BCUT2D eigenvalue weighted by Crippen LogP contribution is -2.25. The van der Waals surface area contributed by atoms with Crippen LogP contribution < -0.4 is 5.32 Å². The average Bonchev–Trinajstić information content (AvgIpc) is 3.32. The summed E-state index contributed by atoms with van der Waals surface area (Å²) in [6.45, 7) is 3.29. The molecule has 0 radical (unpaired) electrons. The number of carbonyl (C=O) groups is 3. The zero-order chi connectivity index (χ0) is 20.1. The number of nitrogens with zero attached hydrogens (tertiary/aromatic N) is 3. The fraction of sp³-hybridized carbons (Fsp3) is 0.421. The van der Waals surface area contributed by atoms with Crippen molar-refractivity contribution in [3.8, 4) is 6.07 Å². The predicted molar refractivity (Wildman–Crippen MR) is 105 cm³/mol. The fourth-order valence-corrected chi connectivity index (χ4v) is 3.99. The van der Waals surface area contributed by atoms with Crippen LogP contribution in [0.3, 0.4) is 0 Å². The summed E-state index contributed by atoms with van der Waals surface area (Å²) in [6.07, 6.45) is 1.39. The van der Waals surface area contributed by atoms with Gasteiger partial charge in [-0.15, -0.1) is 0 Å². The van der Waals surface area contributed by atoms with E-state index < -0.39 is 17.3 Å². The van der Waals surface area contributed by atoms with Gasteiger partial charge in [0.2, 0.25) is 5.91 Å². The van der Waals surface area contributed by atoms with Crippen LogP contribution in [0.15, 0.2) is 29.3 Å². The van der Waals surface area contributed by atoms with Crippen LogP contribution in [0, 0.1) is 11.3 Å². The van der Waals surface area contributed by atoms with Gasteiger partial charge in [-0.1, -0.05) is 11.8 Å². The number of anilines is 1. The molecule has 0 bridgehead atoms. The highest BCUT2D eigenvalue weighted by molar-refractivity contribution is 8.15. The van der Waals surface area contributed by atoms with E-state index in [9.17, 15) is 14.4 Å². The molecule has 1 saturated heterocycles. The SMILES string of the molecule is C[C@@H](C#N)OC(=O)c1ccc(NC(=O)C[C@@H]2SC(N3CCCC3)=NC2=O)cc1. The fourth-order valence-electron chi connectivity index (χ4n) is 2.88. The Morgan fingerprint density at radius 2 is 2.04 bits per heavy atom. The van der Waals surface area contributed by atoms with Crippen LogP contribution in [0.25, 0.3) is 0 Å². The first-order valence-electron chi connectivity index (χ1n) is 9.01. The van der Waals surface area contributed by atoms with Gasteiger partial charge in [-0.2, -0.15) is 10.3 Å². The lowest BCUT2D eigenvalue weighted by molar-refractivity contribution is -0.121. The molecule has 1 fully saturated rings. The lowest BCUT2D eigenvalue weighted by atomic mass is 10.2. The van der Waals surface area contributed by atoms with Crippen LogP contribution >= 0.6 is 11.8 Å². The highest BCUT2D eigenvalue weighted by atomic mass is 32.2. The van der Waals surface area contributed by atoms with Crippen molar-refractivity contribution in [1.82, 2.24) is 4.90 Å². The second kappa shape index (κ2) is 8.89. The number of hydrogen-bond donors (Lipinski definition) is 1. The second-order valence-corrected chi connectivity index (χ2v) is 7.71. The first-order valence-corrected chi connectivity index (χ1v) is 9.89. The van der Waals surface area contributed by atoms with Gasteiger partial charge in [-0.3, -0.25) is 9.59 Å². The Labute approximate surface area is 166 Å². The van der Waals surface area contributed by atoms with Crippen molar-refractivity contribution >= 4 is 40.4 Å². The number of ether oxygens (including phenoxy) is 1. The van der Waals surface area contributed by atoms with E-state index in [1.807, 2.05) is 6.07 Å². The zero-order valence-electron chi connectivity index (χ0n) is 15.4. The summed E-state index contributed by atoms with van der Waals surface area (Å²) in [5.41, 5.74) is 0.788. The number of rotatable bonds is 5. The molecule has 0 spiro atoms. The second-order valence-electron chi connectivity index (χ2n) is 6.54. The minimum atomic E-state index is -0.832. The highest BCUT2D eigenvalue weighted by Crippen LogP contribution is 2.29. The number of nitrogens with one attached hydrogen (secondary N) is 1. The number of nitriles is 1. The van der Waals surface area contributed by atoms with Crippen molar-refractivity contribution in [3.05, 3.63) is 29.8 Å². The third-order valence-electron chi connectivity index (χ3n) is 4.35. The number of likely N-dealkylation sites (tertiary alicyclic amines) is 1. The van der Waals surface area contributed by atoms with E-state index in [0.717, 1.165) is 31.1 Å². The molecular formula is C19H20N4O4S. The van der Waals surface area contributed by atoms with Gasteiger partial charge in [0.1, 0.15) is 11.3 Å². The maximum Gasteiger partial charge on any atom is 0.339 e. The number of esters is 1. The molecule has 1 aromatic rings. The average molecular weight is 400 g/mol. The van der Waals surface area contributed by atoms with Crippen molar-refractivity contribution in [2.75, 3.05) is 18.4 Å². The summed E-state index contributed by atoms with van der Waals surface area (Å²) in [5, 5.41) is 11.6. The van der Waals surface area contributed by atoms with E-state index in [1.54, 1.807) is 12.1 Å². The first-order chi connectivity index (χ1) is 13.5. The normalized spacial score (nSPS) is 19.7. The molecule has 1 aromatic carbocycles. The van der Waals surface area contributed by atoms with E-state index in [2.05, 4.69) is 15.2 Å². The van der Waals surface area contributed by atoms with Gasteiger partial charge >= 0.3 is 5.97 Å². The van der Waals surface area contributed by atoms with Crippen molar-refractivity contribution in [3.63, 3.8) is 0 Å². The van der Waals surface area contributed by atoms with E-state index >= 15 is 0 Å². The third-order valence-corrected chi connectivity index (χ3v) is 5.56. The Bertz CT molecular complexity index is 840.